The van der Waals surface area contributed by atoms with Crippen molar-refractivity contribution >= 4 is 11.3 Å². The highest BCUT2D eigenvalue weighted by molar-refractivity contribution is 7.12. The smallest absolute Gasteiger partial charge is 0.125 e. The van der Waals surface area contributed by atoms with E-state index in [4.69, 9.17) is 4.74 Å². The summed E-state index contributed by atoms with van der Waals surface area (Å²) >= 11 is 1.62. The number of fused-ring (bicyclic) bond motifs is 1. The zero-order valence-corrected chi connectivity index (χ0v) is 11.5. The summed E-state index contributed by atoms with van der Waals surface area (Å²) in [7, 11) is 1.53. The molecule has 2 aromatic rings. The van der Waals surface area contributed by atoms with Crippen LogP contribution in [-0.4, -0.2) is 12.2 Å². The summed E-state index contributed by atoms with van der Waals surface area (Å²) in [4.78, 5) is 2.22. The molecule has 0 radical (unpaired) electrons. The molecule has 2 nitrogen and oxygen atoms in total. The predicted octanol–water partition coefficient (Wildman–Crippen LogP) is 3.47. The van der Waals surface area contributed by atoms with E-state index in [2.05, 4.69) is 0 Å². The standard InChI is InChI=1S/C15H15FO2S/c1-18-12-6-5-10(16)8-11(12)15(17)14-7-9-3-2-4-13(9)19-14/h5-8,15,17H,2-4H2,1H3. The molecule has 1 aliphatic carbocycles. The normalized spacial score (nSPS) is 15.3. The van der Waals surface area contributed by atoms with Crippen LogP contribution in [0, 0.1) is 5.82 Å². The Bertz CT molecular complexity index is 585. The highest BCUT2D eigenvalue weighted by Crippen LogP contribution is 2.38. The van der Waals surface area contributed by atoms with Crippen molar-refractivity contribution in [2.24, 2.45) is 0 Å². The van der Waals surface area contributed by atoms with E-state index in [1.165, 1.54) is 36.1 Å². The van der Waals surface area contributed by atoms with Crippen LogP contribution in [0.25, 0.3) is 0 Å². The third-order valence-electron chi connectivity index (χ3n) is 3.52. The van der Waals surface area contributed by atoms with Gasteiger partial charge in [-0.05, 0) is 49.1 Å². The molecule has 1 unspecified atom stereocenters. The zero-order chi connectivity index (χ0) is 13.4. The molecule has 4 heteroatoms. The molecule has 1 aromatic heterocycles. The minimum absolute atomic E-state index is 0.362. The molecule has 19 heavy (non-hydrogen) atoms. The van der Waals surface area contributed by atoms with E-state index in [1.54, 1.807) is 17.4 Å². The van der Waals surface area contributed by atoms with E-state index in [-0.39, 0.29) is 5.82 Å². The number of ether oxygens (including phenoxy) is 1. The number of aryl methyl sites for hydroxylation is 2. The molecule has 1 atom stereocenters. The Labute approximate surface area is 115 Å². The largest absolute Gasteiger partial charge is 0.496 e. The molecule has 1 N–H and O–H groups in total. The Kier molecular flexibility index (Phi) is 3.29. The molecule has 0 fully saturated rings. The third kappa shape index (κ3) is 2.26. The summed E-state index contributed by atoms with van der Waals surface area (Å²) in [6.07, 6.45) is 2.55. The van der Waals surface area contributed by atoms with Gasteiger partial charge in [-0.3, -0.25) is 0 Å². The molecule has 3 rings (SSSR count). The lowest BCUT2D eigenvalue weighted by Gasteiger charge is -2.13. The van der Waals surface area contributed by atoms with Crippen LogP contribution in [0.2, 0.25) is 0 Å². The Hall–Kier alpha value is -1.39. The molecule has 1 aliphatic rings. The minimum atomic E-state index is -0.818. The monoisotopic (exact) mass is 278 g/mol. The van der Waals surface area contributed by atoms with Crippen LogP contribution in [0.4, 0.5) is 4.39 Å². The van der Waals surface area contributed by atoms with E-state index >= 15 is 0 Å². The van der Waals surface area contributed by atoms with Crippen LogP contribution in [-0.2, 0) is 12.8 Å². The molecule has 1 heterocycles. The van der Waals surface area contributed by atoms with Crippen LogP contribution in [0.15, 0.2) is 24.3 Å². The molecule has 0 bridgehead atoms. The summed E-state index contributed by atoms with van der Waals surface area (Å²) in [5.41, 5.74) is 1.82. The lowest BCUT2D eigenvalue weighted by molar-refractivity contribution is 0.218. The van der Waals surface area contributed by atoms with Crippen LogP contribution >= 0.6 is 11.3 Å². The second-order valence-electron chi connectivity index (χ2n) is 4.74. The van der Waals surface area contributed by atoms with Crippen molar-refractivity contribution in [3.63, 3.8) is 0 Å². The van der Waals surface area contributed by atoms with Gasteiger partial charge in [-0.25, -0.2) is 4.39 Å². The van der Waals surface area contributed by atoms with Gasteiger partial charge in [-0.15, -0.1) is 11.3 Å². The Morgan fingerprint density at radius 3 is 2.89 bits per heavy atom. The number of halogens is 1. The fourth-order valence-corrected chi connectivity index (χ4v) is 3.82. The van der Waals surface area contributed by atoms with E-state index < -0.39 is 6.10 Å². The zero-order valence-electron chi connectivity index (χ0n) is 10.6. The van der Waals surface area contributed by atoms with Crippen molar-refractivity contribution in [2.75, 3.05) is 7.11 Å². The Balaban J connectivity index is 1.98. The summed E-state index contributed by atoms with van der Waals surface area (Å²) in [6.45, 7) is 0. The number of aliphatic hydroxyl groups excluding tert-OH is 1. The predicted molar refractivity (Wildman–Crippen MR) is 73.4 cm³/mol. The average molecular weight is 278 g/mol. The van der Waals surface area contributed by atoms with Gasteiger partial charge < -0.3 is 9.84 Å². The first-order chi connectivity index (χ1) is 9.19. The van der Waals surface area contributed by atoms with E-state index in [9.17, 15) is 9.50 Å². The topological polar surface area (TPSA) is 29.5 Å². The number of rotatable bonds is 3. The summed E-state index contributed by atoms with van der Waals surface area (Å²) in [5.74, 6) is 0.154. The fourth-order valence-electron chi connectivity index (χ4n) is 2.56. The molecule has 0 saturated carbocycles. The van der Waals surface area contributed by atoms with Crippen molar-refractivity contribution < 1.29 is 14.2 Å². The number of hydrogen-bond donors (Lipinski definition) is 1. The molecule has 0 saturated heterocycles. The summed E-state index contributed by atoms with van der Waals surface area (Å²) in [5, 5.41) is 10.4. The van der Waals surface area contributed by atoms with E-state index in [0.717, 1.165) is 17.7 Å². The first-order valence-electron chi connectivity index (χ1n) is 6.32. The Morgan fingerprint density at radius 1 is 1.32 bits per heavy atom. The van der Waals surface area contributed by atoms with E-state index in [0.29, 0.717) is 11.3 Å². The molecule has 100 valence electrons. The number of methoxy groups -OCH3 is 1. The minimum Gasteiger partial charge on any atom is -0.496 e. The SMILES string of the molecule is COc1ccc(F)cc1C(O)c1cc2c(s1)CCC2. The van der Waals surface area contributed by atoms with Gasteiger partial charge in [0.1, 0.15) is 17.7 Å². The first kappa shape index (κ1) is 12.6. The van der Waals surface area contributed by atoms with Gasteiger partial charge in [0.25, 0.3) is 0 Å². The summed E-state index contributed by atoms with van der Waals surface area (Å²) < 4.78 is 18.6. The first-order valence-corrected chi connectivity index (χ1v) is 7.13. The number of aliphatic hydroxyl groups is 1. The maximum Gasteiger partial charge on any atom is 0.125 e. The van der Waals surface area contributed by atoms with Crippen LogP contribution in [0.5, 0.6) is 5.75 Å². The third-order valence-corrected chi connectivity index (χ3v) is 4.81. The second-order valence-corrected chi connectivity index (χ2v) is 5.91. The van der Waals surface area contributed by atoms with Crippen molar-refractivity contribution in [1.29, 1.82) is 0 Å². The van der Waals surface area contributed by atoms with Crippen molar-refractivity contribution in [1.82, 2.24) is 0 Å². The van der Waals surface area contributed by atoms with Gasteiger partial charge in [0.2, 0.25) is 0 Å². The maximum absolute atomic E-state index is 13.4. The van der Waals surface area contributed by atoms with Crippen LogP contribution in [0.3, 0.4) is 0 Å². The molecular formula is C15H15FO2S. The van der Waals surface area contributed by atoms with Crippen LogP contribution in [0.1, 0.15) is 33.4 Å². The van der Waals surface area contributed by atoms with Gasteiger partial charge >= 0.3 is 0 Å². The number of benzene rings is 1. The summed E-state index contributed by atoms with van der Waals surface area (Å²) in [6, 6.07) is 6.27. The quantitative estimate of drug-likeness (QED) is 0.931. The maximum atomic E-state index is 13.4. The lowest BCUT2D eigenvalue weighted by atomic mass is 10.1. The van der Waals surface area contributed by atoms with Gasteiger partial charge in [0.05, 0.1) is 7.11 Å². The number of hydrogen-bond acceptors (Lipinski definition) is 3. The fraction of sp³-hybridized carbons (Fsp3) is 0.333. The van der Waals surface area contributed by atoms with Crippen molar-refractivity contribution in [3.8, 4) is 5.75 Å². The average Bonchev–Trinajstić information content (AvgIpc) is 2.98. The van der Waals surface area contributed by atoms with E-state index in [1.807, 2.05) is 6.07 Å². The van der Waals surface area contributed by atoms with Gasteiger partial charge in [0, 0.05) is 15.3 Å². The molecule has 0 aliphatic heterocycles. The highest BCUT2D eigenvalue weighted by atomic mass is 32.1. The molecule has 0 spiro atoms. The second kappa shape index (κ2) is 4.94. The molecule has 1 aromatic carbocycles. The highest BCUT2D eigenvalue weighted by Gasteiger charge is 2.22. The van der Waals surface area contributed by atoms with Gasteiger partial charge in [-0.2, -0.15) is 0 Å². The van der Waals surface area contributed by atoms with Gasteiger partial charge in [-0.1, -0.05) is 0 Å². The molecular weight excluding hydrogens is 263 g/mol. The Morgan fingerprint density at radius 2 is 2.16 bits per heavy atom. The van der Waals surface area contributed by atoms with Crippen LogP contribution < -0.4 is 4.74 Å². The molecule has 0 amide bonds. The van der Waals surface area contributed by atoms with Crippen molar-refractivity contribution in [2.45, 2.75) is 25.4 Å². The number of thiophene rings is 1. The lowest BCUT2D eigenvalue weighted by Crippen LogP contribution is -2.01. The van der Waals surface area contributed by atoms with Crippen molar-refractivity contribution in [3.05, 3.63) is 51.0 Å². The van der Waals surface area contributed by atoms with Gasteiger partial charge in [0.15, 0.2) is 0 Å².